The zero-order chi connectivity index (χ0) is 14.9. The Labute approximate surface area is 115 Å². The van der Waals surface area contributed by atoms with Crippen LogP contribution in [0, 0.1) is 5.92 Å². The van der Waals surface area contributed by atoms with Crippen LogP contribution in [0.2, 0.25) is 0 Å². The van der Waals surface area contributed by atoms with Crippen molar-refractivity contribution >= 4 is 17.1 Å². The summed E-state index contributed by atoms with van der Waals surface area (Å²) in [6.45, 7) is 0.404. The molecule has 2 aromatic rings. The van der Waals surface area contributed by atoms with Crippen molar-refractivity contribution in [2.45, 2.75) is 13.0 Å². The van der Waals surface area contributed by atoms with E-state index in [1.807, 2.05) is 4.57 Å². The third-order valence-electron chi connectivity index (χ3n) is 3.52. The number of anilines is 1. The quantitative estimate of drug-likeness (QED) is 0.557. The van der Waals surface area contributed by atoms with Gasteiger partial charge >= 0.3 is 11.2 Å². The lowest BCUT2D eigenvalue weighted by molar-refractivity contribution is -0.675. The summed E-state index contributed by atoms with van der Waals surface area (Å²) in [6, 6.07) is 0. The van der Waals surface area contributed by atoms with Gasteiger partial charge in [0.2, 0.25) is 5.52 Å². The van der Waals surface area contributed by atoms with Gasteiger partial charge in [0, 0.05) is 26.2 Å². The van der Waals surface area contributed by atoms with Gasteiger partial charge in [-0.05, 0) is 6.42 Å². The van der Waals surface area contributed by atoms with Gasteiger partial charge in [0.25, 0.3) is 5.95 Å². The number of nitrogen functional groups attached to an aromatic ring is 1. The fourth-order valence-electron chi connectivity index (χ4n) is 2.15. The van der Waals surface area contributed by atoms with E-state index in [0.29, 0.717) is 24.1 Å². The Morgan fingerprint density at radius 1 is 1.40 bits per heavy atom. The molecule has 20 heavy (non-hydrogen) atoms. The number of aliphatic hydroxyl groups excluding tert-OH is 2. The van der Waals surface area contributed by atoms with Gasteiger partial charge in [-0.3, -0.25) is 13.9 Å². The van der Waals surface area contributed by atoms with Crippen LogP contribution in [0.5, 0.6) is 0 Å². The summed E-state index contributed by atoms with van der Waals surface area (Å²) in [6.07, 6.45) is 2.36. The van der Waals surface area contributed by atoms with Crippen LogP contribution in [0.3, 0.4) is 0 Å². The van der Waals surface area contributed by atoms with E-state index in [1.165, 1.54) is 4.57 Å². The van der Waals surface area contributed by atoms with E-state index in [9.17, 15) is 4.79 Å². The standard InChI is InChI=1S/C12H19N5O3/c1-15-7-17(4-3-8(5-18)6-19)10-9(15)11(20)16(2)12(13)14-10/h7-8,18-19H,3-6H2,1-2H3,(H-,13,14,20)/p+1. The lowest BCUT2D eigenvalue weighted by atomic mass is 10.1. The van der Waals surface area contributed by atoms with E-state index >= 15 is 0 Å². The van der Waals surface area contributed by atoms with Crippen LogP contribution >= 0.6 is 0 Å². The van der Waals surface area contributed by atoms with Crippen LogP contribution < -0.4 is 15.9 Å². The Morgan fingerprint density at radius 3 is 2.65 bits per heavy atom. The van der Waals surface area contributed by atoms with Crippen LogP contribution in [0.25, 0.3) is 11.2 Å². The molecule has 0 saturated heterocycles. The molecule has 0 spiro atoms. The van der Waals surface area contributed by atoms with Crippen molar-refractivity contribution in [1.29, 1.82) is 0 Å². The van der Waals surface area contributed by atoms with Crippen LogP contribution in [0.4, 0.5) is 5.95 Å². The smallest absolute Gasteiger partial charge is 0.311 e. The van der Waals surface area contributed by atoms with E-state index in [2.05, 4.69) is 4.98 Å². The zero-order valence-electron chi connectivity index (χ0n) is 11.7. The van der Waals surface area contributed by atoms with Crippen molar-refractivity contribution in [2.75, 3.05) is 18.9 Å². The molecule has 0 fully saturated rings. The predicted octanol–water partition coefficient (Wildman–Crippen LogP) is -1.87. The third kappa shape index (κ3) is 2.39. The van der Waals surface area contributed by atoms with Gasteiger partial charge in [0.1, 0.15) is 0 Å². The summed E-state index contributed by atoms with van der Waals surface area (Å²) in [5, 5.41) is 18.2. The molecule has 8 heteroatoms. The molecule has 0 aliphatic heterocycles. The Balaban J connectivity index is 2.43. The molecule has 2 heterocycles. The van der Waals surface area contributed by atoms with E-state index < -0.39 is 0 Å². The van der Waals surface area contributed by atoms with Gasteiger partial charge < -0.3 is 15.9 Å². The van der Waals surface area contributed by atoms with Crippen molar-refractivity contribution in [3.05, 3.63) is 16.7 Å². The lowest BCUT2D eigenvalue weighted by Gasteiger charge is -2.08. The molecule has 0 saturated carbocycles. The van der Waals surface area contributed by atoms with Crippen molar-refractivity contribution in [3.8, 4) is 0 Å². The highest BCUT2D eigenvalue weighted by molar-refractivity contribution is 5.67. The summed E-state index contributed by atoms with van der Waals surface area (Å²) < 4.78 is 4.82. The first-order valence-electron chi connectivity index (χ1n) is 6.42. The number of aliphatic hydroxyl groups is 2. The number of nitrogens with zero attached hydrogens (tertiary/aromatic N) is 4. The topological polar surface area (TPSA) is 110 Å². The molecule has 0 bridgehead atoms. The Bertz CT molecular complexity index is 672. The minimum Gasteiger partial charge on any atom is -0.396 e. The highest BCUT2D eigenvalue weighted by atomic mass is 16.3. The van der Waals surface area contributed by atoms with E-state index in [0.717, 1.165) is 0 Å². The first-order valence-corrected chi connectivity index (χ1v) is 6.42. The molecule has 0 unspecified atom stereocenters. The number of hydrogen-bond acceptors (Lipinski definition) is 5. The normalized spacial score (nSPS) is 11.7. The largest absolute Gasteiger partial charge is 0.396 e. The van der Waals surface area contributed by atoms with Gasteiger partial charge in [-0.2, -0.15) is 0 Å². The van der Waals surface area contributed by atoms with Crippen molar-refractivity contribution in [2.24, 2.45) is 20.0 Å². The number of aryl methyl sites for hydroxylation is 2. The SMILES string of the molecule is Cn1c(N)nc2c(c1=O)n(C)c[n+]2CCC(CO)CO. The van der Waals surface area contributed by atoms with E-state index in [4.69, 9.17) is 15.9 Å². The maximum Gasteiger partial charge on any atom is 0.311 e. The molecule has 0 atom stereocenters. The van der Waals surface area contributed by atoms with E-state index in [-0.39, 0.29) is 30.6 Å². The second-order valence-corrected chi connectivity index (χ2v) is 4.95. The molecule has 110 valence electrons. The number of rotatable bonds is 5. The van der Waals surface area contributed by atoms with Crippen molar-refractivity contribution in [1.82, 2.24) is 14.1 Å². The van der Waals surface area contributed by atoms with Gasteiger partial charge in [-0.1, -0.05) is 4.98 Å². The van der Waals surface area contributed by atoms with Crippen molar-refractivity contribution in [3.63, 3.8) is 0 Å². The lowest BCUT2D eigenvalue weighted by Crippen LogP contribution is -2.36. The third-order valence-corrected chi connectivity index (χ3v) is 3.52. The minimum absolute atomic E-state index is 0.0703. The molecule has 8 nitrogen and oxygen atoms in total. The fourth-order valence-corrected chi connectivity index (χ4v) is 2.15. The molecule has 0 aliphatic rings. The molecule has 0 amide bonds. The summed E-state index contributed by atoms with van der Waals surface area (Å²) in [5.41, 5.74) is 6.52. The Morgan fingerprint density at radius 2 is 2.05 bits per heavy atom. The number of nitrogens with two attached hydrogens (primary N) is 1. The highest BCUT2D eigenvalue weighted by Gasteiger charge is 2.21. The molecule has 2 aromatic heterocycles. The monoisotopic (exact) mass is 282 g/mol. The number of imidazole rings is 1. The molecule has 4 N–H and O–H groups in total. The summed E-state index contributed by atoms with van der Waals surface area (Å²) >= 11 is 0. The summed E-state index contributed by atoms with van der Waals surface area (Å²) in [4.78, 5) is 16.4. The van der Waals surface area contributed by atoms with Crippen LogP contribution in [0.15, 0.2) is 11.1 Å². The van der Waals surface area contributed by atoms with E-state index in [1.54, 1.807) is 25.0 Å². The summed E-state index contributed by atoms with van der Waals surface area (Å²) in [5.74, 6) is -0.0232. The molecule has 0 aromatic carbocycles. The fraction of sp³-hybridized carbons (Fsp3) is 0.583. The van der Waals surface area contributed by atoms with Crippen LogP contribution in [-0.2, 0) is 20.6 Å². The second-order valence-electron chi connectivity index (χ2n) is 4.95. The maximum atomic E-state index is 12.2. The predicted molar refractivity (Wildman–Crippen MR) is 72.8 cm³/mol. The molecule has 2 rings (SSSR count). The molecule has 0 radical (unpaired) electrons. The first-order chi connectivity index (χ1) is 9.49. The number of fused-ring (bicyclic) bond motifs is 1. The number of hydrogen-bond donors (Lipinski definition) is 3. The second kappa shape index (κ2) is 5.59. The van der Waals surface area contributed by atoms with Gasteiger partial charge in [-0.25, -0.2) is 4.57 Å². The van der Waals surface area contributed by atoms with Gasteiger partial charge in [-0.15, -0.1) is 0 Å². The van der Waals surface area contributed by atoms with Gasteiger partial charge in [0.05, 0.1) is 13.6 Å². The van der Waals surface area contributed by atoms with Gasteiger partial charge in [0.15, 0.2) is 6.33 Å². The van der Waals surface area contributed by atoms with Crippen LogP contribution in [0.1, 0.15) is 6.42 Å². The average molecular weight is 282 g/mol. The zero-order valence-corrected chi connectivity index (χ0v) is 11.7. The maximum absolute atomic E-state index is 12.2. The van der Waals surface area contributed by atoms with Crippen molar-refractivity contribution < 1.29 is 14.8 Å². The highest BCUT2D eigenvalue weighted by Crippen LogP contribution is 2.06. The van der Waals surface area contributed by atoms with Crippen LogP contribution in [-0.4, -0.2) is 37.5 Å². The molecular weight excluding hydrogens is 262 g/mol. The minimum atomic E-state index is -0.199. The molecule has 0 aliphatic carbocycles. The number of aromatic nitrogens is 4. The first kappa shape index (κ1) is 14.5. The average Bonchev–Trinajstić information content (AvgIpc) is 2.74. The Kier molecular flexibility index (Phi) is 4.05. The summed E-state index contributed by atoms with van der Waals surface area (Å²) in [7, 11) is 3.35. The molecular formula is C12H20N5O3+. The Hall–Kier alpha value is -1.93.